The van der Waals surface area contributed by atoms with Crippen molar-refractivity contribution in [2.24, 2.45) is 11.8 Å². The quantitative estimate of drug-likeness (QED) is 0.150. The Kier molecular flexibility index (Phi) is 11.0. The first-order chi connectivity index (χ1) is 16.5. The Labute approximate surface area is 209 Å². The van der Waals surface area contributed by atoms with Gasteiger partial charge in [-0.2, -0.15) is 0 Å². The number of esters is 2. The Bertz CT molecular complexity index is 768. The van der Waals surface area contributed by atoms with Crippen LogP contribution in [0.25, 0.3) is 0 Å². The second kappa shape index (κ2) is 13.2. The highest BCUT2D eigenvalue weighted by atomic mass is 16.8. The number of rotatable bonds is 14. The van der Waals surface area contributed by atoms with E-state index in [2.05, 4.69) is 19.1 Å². The van der Waals surface area contributed by atoms with E-state index in [0.29, 0.717) is 5.92 Å². The summed E-state index contributed by atoms with van der Waals surface area (Å²) in [5.74, 6) is -5.47. The summed E-state index contributed by atoms with van der Waals surface area (Å²) < 4.78 is 22.1. The summed E-state index contributed by atoms with van der Waals surface area (Å²) in [4.78, 5) is 34.6. The SMILES string of the molecule is CCCCCCC=C[C@@H]1[C@@H](CC=CCCC(OC(C)=O)(OC(C)=O)C(=O)O)C[C@H]2OC(C)(C)O[C@@H]12. The average molecular weight is 495 g/mol. The van der Waals surface area contributed by atoms with Gasteiger partial charge in [-0.1, -0.05) is 50.5 Å². The molecule has 0 unspecified atom stereocenters. The van der Waals surface area contributed by atoms with Gasteiger partial charge in [0.05, 0.1) is 12.2 Å². The monoisotopic (exact) mass is 494 g/mol. The fraction of sp³-hybridized carbons (Fsp3) is 0.741. The molecule has 0 bridgehead atoms. The van der Waals surface area contributed by atoms with Crippen molar-refractivity contribution in [1.82, 2.24) is 0 Å². The maximum Gasteiger partial charge on any atom is 0.390 e. The van der Waals surface area contributed by atoms with Crippen LogP contribution in [0.5, 0.6) is 0 Å². The molecule has 0 aromatic heterocycles. The van der Waals surface area contributed by atoms with E-state index >= 15 is 0 Å². The van der Waals surface area contributed by atoms with Crippen molar-refractivity contribution in [2.45, 2.75) is 116 Å². The molecular weight excluding hydrogens is 452 g/mol. The first-order valence-corrected chi connectivity index (χ1v) is 12.8. The van der Waals surface area contributed by atoms with Crippen LogP contribution < -0.4 is 0 Å². The van der Waals surface area contributed by atoms with Crippen LogP contribution in [0.15, 0.2) is 24.3 Å². The molecule has 1 aliphatic carbocycles. The van der Waals surface area contributed by atoms with E-state index in [-0.39, 0.29) is 31.0 Å². The summed E-state index contributed by atoms with van der Waals surface area (Å²) in [6, 6.07) is 0. The van der Waals surface area contributed by atoms with Crippen LogP contribution in [-0.4, -0.2) is 46.8 Å². The van der Waals surface area contributed by atoms with Crippen LogP contribution in [0, 0.1) is 11.8 Å². The third-order valence-electron chi connectivity index (χ3n) is 6.45. The second-order valence-corrected chi connectivity index (χ2v) is 9.98. The van der Waals surface area contributed by atoms with Gasteiger partial charge in [0, 0.05) is 26.2 Å². The summed E-state index contributed by atoms with van der Waals surface area (Å²) in [6.45, 7) is 8.27. The highest BCUT2D eigenvalue weighted by Crippen LogP contribution is 2.46. The summed E-state index contributed by atoms with van der Waals surface area (Å²) in [5, 5.41) is 9.56. The molecule has 2 aliphatic rings. The first kappa shape index (κ1) is 29.0. The van der Waals surface area contributed by atoms with Crippen LogP contribution in [-0.2, 0) is 33.3 Å². The van der Waals surface area contributed by atoms with Crippen LogP contribution in [0.1, 0.15) is 92.4 Å². The molecule has 1 N–H and O–H groups in total. The summed E-state index contributed by atoms with van der Waals surface area (Å²) in [7, 11) is 0. The maximum absolute atomic E-state index is 11.7. The van der Waals surface area contributed by atoms with Crippen molar-refractivity contribution in [2.75, 3.05) is 0 Å². The molecule has 0 aromatic carbocycles. The third-order valence-corrected chi connectivity index (χ3v) is 6.45. The van der Waals surface area contributed by atoms with Gasteiger partial charge in [0.25, 0.3) is 0 Å². The molecule has 1 saturated carbocycles. The van der Waals surface area contributed by atoms with Crippen molar-refractivity contribution < 1.29 is 38.4 Å². The molecular formula is C27H42O8. The van der Waals surface area contributed by atoms with E-state index in [1.54, 1.807) is 0 Å². The lowest BCUT2D eigenvalue weighted by molar-refractivity contribution is -0.236. The fourth-order valence-corrected chi connectivity index (χ4v) is 5.00. The molecule has 8 nitrogen and oxygen atoms in total. The van der Waals surface area contributed by atoms with Gasteiger partial charge in [0.2, 0.25) is 0 Å². The predicted octanol–water partition coefficient (Wildman–Crippen LogP) is 5.30. The van der Waals surface area contributed by atoms with E-state index in [1.165, 1.54) is 25.7 Å². The van der Waals surface area contributed by atoms with Crippen molar-refractivity contribution in [1.29, 1.82) is 0 Å². The molecule has 8 heteroatoms. The van der Waals surface area contributed by atoms with Crippen LogP contribution in [0.2, 0.25) is 0 Å². The molecule has 1 saturated heterocycles. The van der Waals surface area contributed by atoms with E-state index in [0.717, 1.165) is 33.1 Å². The molecule has 0 radical (unpaired) electrons. The predicted molar refractivity (Wildman–Crippen MR) is 130 cm³/mol. The van der Waals surface area contributed by atoms with Gasteiger partial charge >= 0.3 is 23.7 Å². The van der Waals surface area contributed by atoms with Gasteiger partial charge in [-0.15, -0.1) is 0 Å². The van der Waals surface area contributed by atoms with E-state index < -0.39 is 29.5 Å². The lowest BCUT2D eigenvalue weighted by Gasteiger charge is -2.27. The molecule has 35 heavy (non-hydrogen) atoms. The van der Waals surface area contributed by atoms with Crippen molar-refractivity contribution in [3.05, 3.63) is 24.3 Å². The third kappa shape index (κ3) is 8.76. The van der Waals surface area contributed by atoms with Crippen molar-refractivity contribution in [3.8, 4) is 0 Å². The molecule has 2 rings (SSSR count). The van der Waals surface area contributed by atoms with Gasteiger partial charge in [0.15, 0.2) is 5.79 Å². The minimum atomic E-state index is -2.32. The molecule has 0 amide bonds. The largest absolute Gasteiger partial charge is 0.475 e. The zero-order valence-corrected chi connectivity index (χ0v) is 21.8. The summed E-state index contributed by atoms with van der Waals surface area (Å²) in [6.07, 6.45) is 16.3. The normalized spacial score (nSPS) is 25.7. The number of carboxylic acids is 1. The zero-order chi connectivity index (χ0) is 26.1. The van der Waals surface area contributed by atoms with Gasteiger partial charge in [-0.25, -0.2) is 4.79 Å². The number of carbonyl (C=O) groups is 3. The molecule has 198 valence electrons. The molecule has 2 fully saturated rings. The topological polar surface area (TPSA) is 108 Å². The average Bonchev–Trinajstić information content (AvgIpc) is 3.20. The van der Waals surface area contributed by atoms with E-state index in [4.69, 9.17) is 18.9 Å². The molecule has 4 atom stereocenters. The highest BCUT2D eigenvalue weighted by Gasteiger charge is 2.52. The minimum Gasteiger partial charge on any atom is -0.475 e. The lowest BCUT2D eigenvalue weighted by Crippen LogP contribution is -2.46. The highest BCUT2D eigenvalue weighted by molar-refractivity contribution is 5.82. The van der Waals surface area contributed by atoms with Crippen molar-refractivity contribution in [3.63, 3.8) is 0 Å². The Morgan fingerprint density at radius 3 is 2.29 bits per heavy atom. The Morgan fingerprint density at radius 2 is 1.69 bits per heavy atom. The van der Waals surface area contributed by atoms with Crippen molar-refractivity contribution >= 4 is 17.9 Å². The van der Waals surface area contributed by atoms with E-state index in [9.17, 15) is 19.5 Å². The van der Waals surface area contributed by atoms with Gasteiger partial charge < -0.3 is 24.1 Å². The van der Waals surface area contributed by atoms with Gasteiger partial charge in [-0.3, -0.25) is 9.59 Å². The zero-order valence-electron chi connectivity index (χ0n) is 21.8. The number of hydrogen-bond acceptors (Lipinski definition) is 7. The smallest absolute Gasteiger partial charge is 0.390 e. The molecule has 1 heterocycles. The molecule has 1 aliphatic heterocycles. The summed E-state index contributed by atoms with van der Waals surface area (Å²) >= 11 is 0. The number of carbonyl (C=O) groups excluding carboxylic acids is 2. The number of unbranched alkanes of at least 4 members (excludes halogenated alkanes) is 4. The Morgan fingerprint density at radius 1 is 1.00 bits per heavy atom. The lowest BCUT2D eigenvalue weighted by atomic mass is 9.90. The number of carboxylic acid groups (broad SMARTS) is 1. The van der Waals surface area contributed by atoms with E-state index in [1.807, 2.05) is 26.0 Å². The maximum atomic E-state index is 11.7. The summed E-state index contributed by atoms with van der Waals surface area (Å²) in [5.41, 5.74) is 0. The number of aliphatic carboxylic acids is 1. The van der Waals surface area contributed by atoms with Crippen LogP contribution in [0.4, 0.5) is 0 Å². The number of fused-ring (bicyclic) bond motifs is 1. The van der Waals surface area contributed by atoms with Gasteiger partial charge in [-0.05, 0) is 51.9 Å². The van der Waals surface area contributed by atoms with Gasteiger partial charge in [0.1, 0.15) is 0 Å². The van der Waals surface area contributed by atoms with Crippen LogP contribution in [0.3, 0.4) is 0 Å². The number of ether oxygens (including phenoxy) is 4. The standard InChI is InChI=1S/C27H42O8/c1-6-7-8-9-10-13-16-22-21(18-23-24(22)35-26(4,5)34-23)15-12-11-14-17-27(25(30)31,32-19(2)28)33-20(3)29/h11-13,16,21-24H,6-10,14-15,17-18H2,1-5H3,(H,30,31)/t21-,22+,23+,24-/m0/s1. The molecule has 0 aromatic rings. The Balaban J connectivity index is 1.98. The number of allylic oxidation sites excluding steroid dienone is 3. The minimum absolute atomic E-state index is 0.0304. The first-order valence-electron chi connectivity index (χ1n) is 12.8. The second-order valence-electron chi connectivity index (χ2n) is 9.98. The molecule has 0 spiro atoms. The fourth-order valence-electron chi connectivity index (χ4n) is 5.00. The van der Waals surface area contributed by atoms with Crippen LogP contribution >= 0.6 is 0 Å². The number of hydrogen-bond donors (Lipinski definition) is 1. The Hall–Kier alpha value is -2.19.